The minimum atomic E-state index is -0.441. The van der Waals surface area contributed by atoms with E-state index in [1.165, 1.54) is 0 Å². The highest BCUT2D eigenvalue weighted by Gasteiger charge is 2.11. The van der Waals surface area contributed by atoms with Crippen molar-refractivity contribution in [1.82, 2.24) is 4.98 Å². The number of H-pyrrole nitrogens is 1. The number of hydrogen-bond donors (Lipinski definition) is 2. The van der Waals surface area contributed by atoms with Crippen molar-refractivity contribution in [1.29, 1.82) is 0 Å². The highest BCUT2D eigenvalue weighted by Crippen LogP contribution is 2.30. The van der Waals surface area contributed by atoms with Gasteiger partial charge in [0, 0.05) is 6.20 Å². The molecule has 0 radical (unpaired) electrons. The second-order valence-corrected chi connectivity index (χ2v) is 2.73. The molecule has 1 aromatic heterocycles. The molecule has 0 amide bonds. The lowest BCUT2D eigenvalue weighted by molar-refractivity contribution is 0.458. The van der Waals surface area contributed by atoms with Gasteiger partial charge in [0.1, 0.15) is 0 Å². The van der Waals surface area contributed by atoms with E-state index < -0.39 is 5.82 Å². The highest BCUT2D eigenvalue weighted by molar-refractivity contribution is 5.69. The fourth-order valence-corrected chi connectivity index (χ4v) is 1.27. The van der Waals surface area contributed by atoms with Crippen LogP contribution in [0, 0.1) is 5.82 Å². The molecule has 2 N–H and O–H groups in total. The monoisotopic (exact) mass is 177 g/mol. The molecule has 13 heavy (non-hydrogen) atoms. The number of aromatic hydroxyl groups is 1. The summed E-state index contributed by atoms with van der Waals surface area (Å²) in [6.07, 6.45) is 1.14. The van der Waals surface area contributed by atoms with E-state index in [-0.39, 0.29) is 11.4 Å². The van der Waals surface area contributed by atoms with Crippen LogP contribution < -0.4 is 0 Å². The third-order valence-corrected chi connectivity index (χ3v) is 1.87. The molecular weight excluding hydrogens is 169 g/mol. The molecule has 2 aromatic rings. The number of hydrogen-bond acceptors (Lipinski definition) is 1. The van der Waals surface area contributed by atoms with E-state index in [2.05, 4.69) is 4.98 Å². The number of aromatic nitrogens is 1. The Morgan fingerprint density at radius 3 is 2.38 bits per heavy atom. The minimum Gasteiger partial charge on any atom is -0.494 e. The fourth-order valence-electron chi connectivity index (χ4n) is 1.27. The van der Waals surface area contributed by atoms with E-state index in [0.29, 0.717) is 5.56 Å². The van der Waals surface area contributed by atoms with Crippen molar-refractivity contribution in [3.05, 3.63) is 42.3 Å². The van der Waals surface area contributed by atoms with E-state index in [4.69, 9.17) is 0 Å². The maximum absolute atomic E-state index is 13.1. The zero-order chi connectivity index (χ0) is 9.26. The van der Waals surface area contributed by atoms with Gasteiger partial charge in [-0.3, -0.25) is 0 Å². The normalized spacial score (nSPS) is 10.2. The van der Waals surface area contributed by atoms with Crippen molar-refractivity contribution in [3.8, 4) is 17.0 Å². The van der Waals surface area contributed by atoms with Crippen LogP contribution in [-0.4, -0.2) is 10.1 Å². The van der Waals surface area contributed by atoms with Gasteiger partial charge < -0.3 is 10.1 Å². The summed E-state index contributed by atoms with van der Waals surface area (Å²) < 4.78 is 13.1. The molecule has 0 aliphatic rings. The molecule has 66 valence electrons. The van der Waals surface area contributed by atoms with Gasteiger partial charge in [-0.15, -0.1) is 0 Å². The summed E-state index contributed by atoms with van der Waals surface area (Å²) in [6, 6.07) is 8.91. The van der Waals surface area contributed by atoms with Crippen LogP contribution in [0.4, 0.5) is 4.39 Å². The van der Waals surface area contributed by atoms with Crippen LogP contribution in [0.3, 0.4) is 0 Å². The first-order chi connectivity index (χ1) is 6.29. The molecule has 2 nitrogen and oxygen atoms in total. The molecule has 0 atom stereocenters. The van der Waals surface area contributed by atoms with Gasteiger partial charge in [0.25, 0.3) is 0 Å². The number of rotatable bonds is 1. The third kappa shape index (κ3) is 1.28. The average molecular weight is 177 g/mol. The highest BCUT2D eigenvalue weighted by atomic mass is 19.1. The quantitative estimate of drug-likeness (QED) is 0.689. The predicted octanol–water partition coefficient (Wildman–Crippen LogP) is 2.53. The topological polar surface area (TPSA) is 36.0 Å². The third-order valence-electron chi connectivity index (χ3n) is 1.87. The van der Waals surface area contributed by atoms with Gasteiger partial charge >= 0.3 is 0 Å². The Morgan fingerprint density at radius 1 is 1.15 bits per heavy atom. The molecule has 0 saturated carbocycles. The Labute approximate surface area is 74.7 Å². The van der Waals surface area contributed by atoms with E-state index in [0.717, 1.165) is 6.20 Å². The lowest BCUT2D eigenvalue weighted by Crippen LogP contribution is -1.77. The zero-order valence-corrected chi connectivity index (χ0v) is 6.79. The molecule has 0 unspecified atom stereocenters. The second-order valence-electron chi connectivity index (χ2n) is 2.73. The maximum atomic E-state index is 13.1. The minimum absolute atomic E-state index is 0.135. The number of halogens is 1. The Balaban J connectivity index is 2.59. The lowest BCUT2D eigenvalue weighted by atomic mass is 10.1. The summed E-state index contributed by atoms with van der Waals surface area (Å²) in [5.41, 5.74) is 0.888. The average Bonchev–Trinajstić information content (AvgIpc) is 2.48. The van der Waals surface area contributed by atoms with Gasteiger partial charge in [-0.05, 0) is 5.56 Å². The van der Waals surface area contributed by atoms with E-state index in [1.54, 1.807) is 24.3 Å². The fraction of sp³-hybridized carbons (Fsp3) is 0. The van der Waals surface area contributed by atoms with Crippen LogP contribution in [-0.2, 0) is 0 Å². The van der Waals surface area contributed by atoms with Crippen LogP contribution in [0.5, 0.6) is 5.88 Å². The molecule has 0 spiro atoms. The number of nitrogens with one attached hydrogen (secondary N) is 1. The van der Waals surface area contributed by atoms with Gasteiger partial charge in [-0.25, -0.2) is 4.39 Å². The van der Waals surface area contributed by atoms with Crippen LogP contribution >= 0.6 is 0 Å². The SMILES string of the molecule is Oc1[nH]cc(F)c1-c1ccccc1. The van der Waals surface area contributed by atoms with Gasteiger partial charge in [0.05, 0.1) is 5.56 Å². The maximum Gasteiger partial charge on any atom is 0.199 e. The van der Waals surface area contributed by atoms with Gasteiger partial charge in [-0.1, -0.05) is 30.3 Å². The molecule has 1 aromatic carbocycles. The predicted molar refractivity (Wildman–Crippen MR) is 47.9 cm³/mol. The van der Waals surface area contributed by atoms with Crippen molar-refractivity contribution in [2.75, 3.05) is 0 Å². The van der Waals surface area contributed by atoms with E-state index >= 15 is 0 Å². The molecule has 0 bridgehead atoms. The Bertz CT molecular complexity index is 389. The molecule has 0 aliphatic carbocycles. The first-order valence-electron chi connectivity index (χ1n) is 3.90. The van der Waals surface area contributed by atoms with Gasteiger partial charge in [-0.2, -0.15) is 0 Å². The first-order valence-corrected chi connectivity index (χ1v) is 3.90. The van der Waals surface area contributed by atoms with E-state index in [9.17, 15) is 9.50 Å². The first kappa shape index (κ1) is 7.86. The number of aromatic amines is 1. The Kier molecular flexibility index (Phi) is 1.77. The Hall–Kier alpha value is -1.77. The molecular formula is C10H8FNO. The standard InChI is InChI=1S/C10H8FNO/c11-8-6-12-10(13)9(8)7-4-2-1-3-5-7/h1-6,12-13H. The van der Waals surface area contributed by atoms with Crippen molar-refractivity contribution in [2.45, 2.75) is 0 Å². The van der Waals surface area contributed by atoms with Crippen LogP contribution in [0.25, 0.3) is 11.1 Å². The van der Waals surface area contributed by atoms with Crippen molar-refractivity contribution in [3.63, 3.8) is 0 Å². The molecule has 0 fully saturated rings. The van der Waals surface area contributed by atoms with Crippen molar-refractivity contribution in [2.24, 2.45) is 0 Å². The van der Waals surface area contributed by atoms with E-state index in [1.807, 2.05) is 6.07 Å². The largest absolute Gasteiger partial charge is 0.494 e. The molecule has 3 heteroatoms. The van der Waals surface area contributed by atoms with Crippen LogP contribution in [0.1, 0.15) is 0 Å². The summed E-state index contributed by atoms with van der Waals surface area (Å²) in [5.74, 6) is -0.576. The molecule has 0 saturated heterocycles. The summed E-state index contributed by atoms with van der Waals surface area (Å²) in [6.45, 7) is 0. The van der Waals surface area contributed by atoms with Crippen LogP contribution in [0.2, 0.25) is 0 Å². The van der Waals surface area contributed by atoms with Gasteiger partial charge in [0.15, 0.2) is 11.7 Å². The second kappa shape index (κ2) is 2.94. The summed E-state index contributed by atoms with van der Waals surface area (Å²) in [4.78, 5) is 2.42. The zero-order valence-electron chi connectivity index (χ0n) is 6.79. The lowest BCUT2D eigenvalue weighted by Gasteiger charge is -1.97. The van der Waals surface area contributed by atoms with Crippen molar-refractivity contribution < 1.29 is 9.50 Å². The molecule has 0 aliphatic heterocycles. The van der Waals surface area contributed by atoms with Crippen LogP contribution in [0.15, 0.2) is 36.5 Å². The van der Waals surface area contributed by atoms with Gasteiger partial charge in [0.2, 0.25) is 0 Å². The molecule has 2 rings (SSSR count). The number of benzene rings is 1. The summed E-state index contributed by atoms with van der Waals surface area (Å²) >= 11 is 0. The smallest absolute Gasteiger partial charge is 0.199 e. The summed E-state index contributed by atoms with van der Waals surface area (Å²) in [7, 11) is 0. The summed E-state index contributed by atoms with van der Waals surface area (Å²) in [5, 5.41) is 9.29. The molecule has 1 heterocycles. The Morgan fingerprint density at radius 2 is 1.85 bits per heavy atom. The van der Waals surface area contributed by atoms with Crippen molar-refractivity contribution >= 4 is 0 Å².